The highest BCUT2D eigenvalue weighted by Gasteiger charge is 2.03. The van der Waals surface area contributed by atoms with Gasteiger partial charge in [-0.3, -0.25) is 0 Å². The molecule has 2 aromatic carbocycles. The van der Waals surface area contributed by atoms with Crippen LogP contribution in [-0.4, -0.2) is 0 Å². The van der Waals surface area contributed by atoms with Gasteiger partial charge >= 0.3 is 0 Å². The van der Waals surface area contributed by atoms with Crippen molar-refractivity contribution in [2.75, 3.05) is 0 Å². The molecule has 0 aliphatic rings. The summed E-state index contributed by atoms with van der Waals surface area (Å²) in [6.07, 6.45) is 2.28. The Hall–Kier alpha value is -1.03. The third-order valence-electron chi connectivity index (χ3n) is 2.77. The molecule has 0 spiro atoms. The summed E-state index contributed by atoms with van der Waals surface area (Å²) in [6, 6.07) is 16.7. The van der Waals surface area contributed by atoms with Crippen molar-refractivity contribution in [2.24, 2.45) is 0 Å². The molecule has 0 radical (unpaired) electrons. The summed E-state index contributed by atoms with van der Waals surface area (Å²) < 4.78 is 7.07. The van der Waals surface area contributed by atoms with E-state index in [1.165, 1.54) is 21.1 Å². The van der Waals surface area contributed by atoms with Crippen LogP contribution in [0.2, 0.25) is 0 Å². The van der Waals surface area contributed by atoms with Gasteiger partial charge in [-0.15, -0.1) is 0 Å². The van der Waals surface area contributed by atoms with Crippen LogP contribution < -0.4 is 4.74 Å². The minimum atomic E-state index is 0.631. The quantitative estimate of drug-likeness (QED) is 0.701. The zero-order valence-corrected chi connectivity index (χ0v) is 12.7. The smallest absolute Gasteiger partial charge is 0.133 e. The number of rotatable bonds is 5. The monoisotopic (exact) mass is 352 g/mol. The van der Waals surface area contributed by atoms with Crippen LogP contribution in [0.5, 0.6) is 5.75 Å². The number of benzene rings is 2. The Morgan fingerprint density at radius 3 is 2.50 bits per heavy atom. The SMILES string of the molecule is CCCc1ccc(I)c(OCc2ccccc2)c1. The average molecular weight is 352 g/mol. The van der Waals surface area contributed by atoms with Crippen LogP contribution in [0.4, 0.5) is 0 Å². The highest BCUT2D eigenvalue weighted by atomic mass is 127. The zero-order chi connectivity index (χ0) is 12.8. The molecular weight excluding hydrogens is 335 g/mol. The van der Waals surface area contributed by atoms with Crippen molar-refractivity contribution < 1.29 is 4.74 Å². The number of aryl methyl sites for hydroxylation is 1. The van der Waals surface area contributed by atoms with E-state index in [0.29, 0.717) is 6.61 Å². The van der Waals surface area contributed by atoms with Gasteiger partial charge in [0.2, 0.25) is 0 Å². The van der Waals surface area contributed by atoms with E-state index >= 15 is 0 Å². The van der Waals surface area contributed by atoms with Crippen LogP contribution in [0.1, 0.15) is 24.5 Å². The molecule has 0 amide bonds. The van der Waals surface area contributed by atoms with Gasteiger partial charge in [0.1, 0.15) is 12.4 Å². The van der Waals surface area contributed by atoms with E-state index in [-0.39, 0.29) is 0 Å². The molecular formula is C16H17IO. The normalized spacial score (nSPS) is 10.3. The summed E-state index contributed by atoms with van der Waals surface area (Å²) in [7, 11) is 0. The van der Waals surface area contributed by atoms with E-state index in [4.69, 9.17) is 4.74 Å². The molecule has 94 valence electrons. The van der Waals surface area contributed by atoms with Crippen molar-refractivity contribution in [1.29, 1.82) is 0 Å². The van der Waals surface area contributed by atoms with Gasteiger partial charge in [-0.05, 0) is 52.3 Å². The predicted molar refractivity (Wildman–Crippen MR) is 83.9 cm³/mol. The number of ether oxygens (including phenoxy) is 1. The van der Waals surface area contributed by atoms with Gasteiger partial charge in [0.25, 0.3) is 0 Å². The Bertz CT molecular complexity index is 494. The highest BCUT2D eigenvalue weighted by Crippen LogP contribution is 2.24. The molecule has 18 heavy (non-hydrogen) atoms. The second-order valence-corrected chi connectivity index (χ2v) is 5.45. The molecule has 2 aromatic rings. The topological polar surface area (TPSA) is 9.23 Å². The maximum absolute atomic E-state index is 5.90. The van der Waals surface area contributed by atoms with Crippen molar-refractivity contribution >= 4 is 22.6 Å². The number of hydrogen-bond acceptors (Lipinski definition) is 1. The Morgan fingerprint density at radius 1 is 1.00 bits per heavy atom. The fraction of sp³-hybridized carbons (Fsp3) is 0.250. The summed E-state index contributed by atoms with van der Waals surface area (Å²) in [5, 5.41) is 0. The first kappa shape index (κ1) is 13.4. The zero-order valence-electron chi connectivity index (χ0n) is 10.5. The first-order chi connectivity index (χ1) is 8.79. The van der Waals surface area contributed by atoms with Crippen LogP contribution in [0, 0.1) is 3.57 Å². The van der Waals surface area contributed by atoms with Crippen molar-refractivity contribution in [2.45, 2.75) is 26.4 Å². The fourth-order valence-electron chi connectivity index (χ4n) is 1.84. The molecule has 0 fully saturated rings. The third-order valence-corrected chi connectivity index (χ3v) is 3.66. The third kappa shape index (κ3) is 3.73. The molecule has 0 aliphatic heterocycles. The summed E-state index contributed by atoms with van der Waals surface area (Å²) in [6.45, 7) is 2.83. The number of hydrogen-bond donors (Lipinski definition) is 0. The molecule has 1 nitrogen and oxygen atoms in total. The van der Waals surface area contributed by atoms with E-state index in [9.17, 15) is 0 Å². The molecule has 0 aromatic heterocycles. The molecule has 0 saturated carbocycles. The van der Waals surface area contributed by atoms with Crippen LogP contribution in [-0.2, 0) is 13.0 Å². The first-order valence-electron chi connectivity index (χ1n) is 6.24. The van der Waals surface area contributed by atoms with E-state index < -0.39 is 0 Å². The van der Waals surface area contributed by atoms with Gasteiger partial charge in [0.15, 0.2) is 0 Å². The molecule has 2 heteroatoms. The molecule has 2 rings (SSSR count). The lowest BCUT2D eigenvalue weighted by molar-refractivity contribution is 0.303. The van der Waals surface area contributed by atoms with E-state index in [1.54, 1.807) is 0 Å². The maximum atomic E-state index is 5.90. The van der Waals surface area contributed by atoms with E-state index in [1.807, 2.05) is 18.2 Å². The maximum Gasteiger partial charge on any atom is 0.133 e. The van der Waals surface area contributed by atoms with Crippen LogP contribution >= 0.6 is 22.6 Å². The summed E-state index contributed by atoms with van der Waals surface area (Å²) in [4.78, 5) is 0. The predicted octanol–water partition coefficient (Wildman–Crippen LogP) is 4.82. The lowest BCUT2D eigenvalue weighted by atomic mass is 10.1. The molecule has 0 saturated heterocycles. The standard InChI is InChI=1S/C16H17IO/c1-2-6-13-9-10-15(17)16(11-13)18-12-14-7-4-3-5-8-14/h3-5,7-11H,2,6,12H2,1H3. The van der Waals surface area contributed by atoms with Crippen molar-refractivity contribution in [3.63, 3.8) is 0 Å². The van der Waals surface area contributed by atoms with E-state index in [2.05, 4.69) is 59.8 Å². The molecule has 0 bridgehead atoms. The highest BCUT2D eigenvalue weighted by molar-refractivity contribution is 14.1. The van der Waals surface area contributed by atoms with Gasteiger partial charge in [-0.25, -0.2) is 0 Å². The van der Waals surface area contributed by atoms with Crippen LogP contribution in [0.3, 0.4) is 0 Å². The minimum Gasteiger partial charge on any atom is -0.488 e. The lowest BCUT2D eigenvalue weighted by Crippen LogP contribution is -1.97. The van der Waals surface area contributed by atoms with Crippen molar-refractivity contribution in [1.82, 2.24) is 0 Å². The summed E-state index contributed by atoms with van der Waals surface area (Å²) in [5.74, 6) is 0.991. The van der Waals surface area contributed by atoms with Gasteiger partial charge in [0.05, 0.1) is 3.57 Å². The second-order valence-electron chi connectivity index (χ2n) is 4.29. The van der Waals surface area contributed by atoms with Gasteiger partial charge < -0.3 is 4.74 Å². The molecule has 0 unspecified atom stereocenters. The van der Waals surface area contributed by atoms with Crippen LogP contribution in [0.25, 0.3) is 0 Å². The Kier molecular flexibility index (Phi) is 5.05. The summed E-state index contributed by atoms with van der Waals surface area (Å²) in [5.41, 5.74) is 2.55. The van der Waals surface area contributed by atoms with Gasteiger partial charge in [-0.1, -0.05) is 49.7 Å². The lowest BCUT2D eigenvalue weighted by Gasteiger charge is -2.10. The minimum absolute atomic E-state index is 0.631. The van der Waals surface area contributed by atoms with E-state index in [0.717, 1.165) is 12.2 Å². The molecule has 0 N–H and O–H groups in total. The molecule has 0 atom stereocenters. The molecule has 0 heterocycles. The van der Waals surface area contributed by atoms with Crippen molar-refractivity contribution in [3.05, 3.63) is 63.2 Å². The summed E-state index contributed by atoms with van der Waals surface area (Å²) >= 11 is 2.32. The Morgan fingerprint density at radius 2 is 1.78 bits per heavy atom. The largest absolute Gasteiger partial charge is 0.488 e. The van der Waals surface area contributed by atoms with Gasteiger partial charge in [-0.2, -0.15) is 0 Å². The average Bonchev–Trinajstić information content (AvgIpc) is 2.41. The van der Waals surface area contributed by atoms with Crippen LogP contribution in [0.15, 0.2) is 48.5 Å². The first-order valence-corrected chi connectivity index (χ1v) is 7.32. The van der Waals surface area contributed by atoms with Gasteiger partial charge in [0, 0.05) is 0 Å². The second kappa shape index (κ2) is 6.78. The number of halogens is 1. The Labute approximate surface area is 122 Å². The molecule has 0 aliphatic carbocycles. The Balaban J connectivity index is 2.06. The van der Waals surface area contributed by atoms with Crippen molar-refractivity contribution in [3.8, 4) is 5.75 Å². The fourth-order valence-corrected chi connectivity index (χ4v) is 2.33.